The summed E-state index contributed by atoms with van der Waals surface area (Å²) in [5, 5.41) is 3.11. The van der Waals surface area contributed by atoms with Crippen molar-refractivity contribution in [2.75, 3.05) is 23.9 Å². The molecule has 8 nitrogen and oxygen atoms in total. The molecule has 2 rings (SSSR count). The average molecular weight is 503 g/mol. The molecule has 0 fully saturated rings. The molecule has 2 unspecified atom stereocenters. The maximum atomic E-state index is 13.1. The fourth-order valence-electron chi connectivity index (χ4n) is 3.27. The Labute approximate surface area is 194 Å². The monoisotopic (exact) mass is 502 g/mol. The fraction of sp³-hybridized carbons (Fsp3) is 0.381. The molecule has 1 amide bonds. The van der Waals surface area contributed by atoms with Gasteiger partial charge in [-0.3, -0.25) is 9.10 Å². The summed E-state index contributed by atoms with van der Waals surface area (Å²) in [6, 6.07) is 9.12. The van der Waals surface area contributed by atoms with Crippen LogP contribution in [0.2, 0.25) is 5.02 Å². The highest BCUT2D eigenvalue weighted by Crippen LogP contribution is 2.35. The lowest BCUT2D eigenvalue weighted by atomic mass is 10.1. The first-order valence-corrected chi connectivity index (χ1v) is 13.8. The third-order valence-corrected chi connectivity index (χ3v) is 7.40. The van der Waals surface area contributed by atoms with E-state index in [1.54, 1.807) is 32.0 Å². The van der Waals surface area contributed by atoms with E-state index < -0.39 is 37.9 Å². The molecule has 0 aliphatic carbocycles. The van der Waals surface area contributed by atoms with Crippen LogP contribution in [0.15, 0.2) is 47.4 Å². The van der Waals surface area contributed by atoms with Crippen molar-refractivity contribution < 1.29 is 26.4 Å². The van der Waals surface area contributed by atoms with Gasteiger partial charge in [-0.15, -0.1) is 0 Å². The molecule has 0 aliphatic heterocycles. The number of hydrogen-bond acceptors (Lipinski definition) is 6. The third-order valence-electron chi connectivity index (χ3n) is 4.88. The molecule has 0 saturated carbocycles. The van der Waals surface area contributed by atoms with E-state index in [4.69, 9.17) is 16.3 Å². The molecule has 0 heterocycles. The summed E-state index contributed by atoms with van der Waals surface area (Å²) in [5.41, 5.74) is 0.835. The maximum Gasteiger partial charge on any atom is 0.244 e. The molecule has 2 atom stereocenters. The number of carbonyl (C=O) groups excluding carboxylic acids is 1. The van der Waals surface area contributed by atoms with Crippen LogP contribution in [-0.2, 0) is 24.7 Å². The number of sulfone groups is 1. The summed E-state index contributed by atoms with van der Waals surface area (Å²) in [6.07, 6.45) is 2.31. The Hall–Kier alpha value is -2.30. The number of methoxy groups -OCH3 is 1. The average Bonchev–Trinajstić information content (AvgIpc) is 2.70. The molecule has 1 N–H and O–H groups in total. The van der Waals surface area contributed by atoms with E-state index >= 15 is 0 Å². The van der Waals surface area contributed by atoms with Crippen molar-refractivity contribution in [2.45, 2.75) is 37.2 Å². The van der Waals surface area contributed by atoms with Gasteiger partial charge in [0.1, 0.15) is 11.8 Å². The van der Waals surface area contributed by atoms with Gasteiger partial charge in [-0.25, -0.2) is 16.8 Å². The van der Waals surface area contributed by atoms with Crippen molar-refractivity contribution in [2.24, 2.45) is 0 Å². The first-order valence-electron chi connectivity index (χ1n) is 9.73. The van der Waals surface area contributed by atoms with Crippen LogP contribution in [-0.4, -0.2) is 48.4 Å². The molecule has 32 heavy (non-hydrogen) atoms. The minimum absolute atomic E-state index is 0.162. The van der Waals surface area contributed by atoms with Crippen molar-refractivity contribution in [3.8, 4) is 5.75 Å². The number of nitrogens with one attached hydrogen (secondary N) is 1. The van der Waals surface area contributed by atoms with Gasteiger partial charge in [0.2, 0.25) is 15.9 Å². The van der Waals surface area contributed by atoms with Crippen molar-refractivity contribution in [3.05, 3.63) is 53.1 Å². The van der Waals surface area contributed by atoms with Crippen molar-refractivity contribution in [3.63, 3.8) is 0 Å². The van der Waals surface area contributed by atoms with Crippen LogP contribution >= 0.6 is 11.6 Å². The second-order valence-corrected chi connectivity index (χ2v) is 11.7. The molecule has 0 saturated heterocycles. The zero-order valence-corrected chi connectivity index (χ0v) is 20.9. The van der Waals surface area contributed by atoms with Crippen molar-refractivity contribution in [1.82, 2.24) is 5.32 Å². The second-order valence-electron chi connectivity index (χ2n) is 7.37. The summed E-state index contributed by atoms with van der Waals surface area (Å²) in [6.45, 7) is 3.43. The van der Waals surface area contributed by atoms with Crippen LogP contribution in [0.5, 0.6) is 5.75 Å². The number of amides is 1. The van der Waals surface area contributed by atoms with Crippen molar-refractivity contribution in [1.29, 1.82) is 0 Å². The lowest BCUT2D eigenvalue weighted by Gasteiger charge is -2.32. The van der Waals surface area contributed by atoms with Gasteiger partial charge in [0.15, 0.2) is 9.84 Å². The predicted octanol–water partition coefficient (Wildman–Crippen LogP) is 3.17. The Bertz CT molecular complexity index is 1180. The smallest absolute Gasteiger partial charge is 0.244 e. The largest absolute Gasteiger partial charge is 0.495 e. The number of carbonyl (C=O) groups is 1. The highest BCUT2D eigenvalue weighted by molar-refractivity contribution is 7.92. The van der Waals surface area contributed by atoms with Gasteiger partial charge in [0.25, 0.3) is 0 Å². The third kappa shape index (κ3) is 6.14. The molecule has 2 aromatic rings. The zero-order chi connectivity index (χ0) is 24.3. The SMILES string of the molecule is CCC(C(=O)NC(C)c1ccc(S(C)(=O)=O)cc1)N(c1cc(Cl)ccc1OC)S(C)(=O)=O. The lowest BCUT2D eigenvalue weighted by Crippen LogP contribution is -2.49. The Kier molecular flexibility index (Phi) is 8.19. The number of anilines is 1. The van der Waals surface area contributed by atoms with E-state index in [9.17, 15) is 21.6 Å². The van der Waals surface area contributed by atoms with Crippen LogP contribution in [0.3, 0.4) is 0 Å². The van der Waals surface area contributed by atoms with Crippen LogP contribution < -0.4 is 14.4 Å². The highest BCUT2D eigenvalue weighted by Gasteiger charge is 2.34. The molecule has 176 valence electrons. The van der Waals surface area contributed by atoms with Gasteiger partial charge in [-0.05, 0) is 49.2 Å². The first-order chi connectivity index (χ1) is 14.8. The number of hydrogen-bond donors (Lipinski definition) is 1. The number of ether oxygens (including phenoxy) is 1. The van der Waals surface area contributed by atoms with E-state index in [-0.39, 0.29) is 22.8 Å². The summed E-state index contributed by atoms with van der Waals surface area (Å²) < 4.78 is 55.0. The van der Waals surface area contributed by atoms with Gasteiger partial charge in [0, 0.05) is 11.3 Å². The van der Waals surface area contributed by atoms with E-state index in [1.807, 2.05) is 0 Å². The van der Waals surface area contributed by atoms with Gasteiger partial charge in [-0.2, -0.15) is 0 Å². The number of nitrogens with zero attached hydrogens (tertiary/aromatic N) is 1. The van der Waals surface area contributed by atoms with E-state index in [0.29, 0.717) is 10.6 Å². The number of halogens is 1. The molecule has 11 heteroatoms. The number of rotatable bonds is 9. The second kappa shape index (κ2) is 10.1. The molecular formula is C21H27ClN2O6S2. The Morgan fingerprint density at radius 1 is 1.09 bits per heavy atom. The Balaban J connectivity index is 2.37. The first kappa shape index (κ1) is 26.0. The summed E-state index contributed by atoms with van der Waals surface area (Å²) in [4.78, 5) is 13.3. The summed E-state index contributed by atoms with van der Waals surface area (Å²) >= 11 is 6.08. The molecule has 2 aromatic carbocycles. The zero-order valence-electron chi connectivity index (χ0n) is 18.5. The summed E-state index contributed by atoms with van der Waals surface area (Å²) in [5.74, 6) is -0.255. The standard InChI is InChI=1S/C21H27ClN2O6S2/c1-6-18(24(32(5,28)29)19-13-16(22)9-12-20(19)30-3)21(25)23-14(2)15-7-10-17(11-8-15)31(4,26)27/h7-14,18H,6H2,1-5H3,(H,23,25). The predicted molar refractivity (Wildman–Crippen MR) is 126 cm³/mol. The fourth-order valence-corrected chi connectivity index (χ4v) is 5.27. The topological polar surface area (TPSA) is 110 Å². The van der Waals surface area contributed by atoms with Gasteiger partial charge >= 0.3 is 0 Å². The van der Waals surface area contributed by atoms with Crippen molar-refractivity contribution >= 4 is 43.1 Å². The molecule has 0 spiro atoms. The Morgan fingerprint density at radius 2 is 1.69 bits per heavy atom. The van der Waals surface area contributed by atoms with Gasteiger partial charge < -0.3 is 10.1 Å². The highest BCUT2D eigenvalue weighted by atomic mass is 35.5. The normalized spacial score (nSPS) is 13.8. The number of sulfonamides is 1. The van der Waals surface area contributed by atoms with Crippen LogP contribution in [0.1, 0.15) is 31.9 Å². The van der Waals surface area contributed by atoms with E-state index in [2.05, 4.69) is 5.32 Å². The van der Waals surface area contributed by atoms with Crippen LogP contribution in [0.4, 0.5) is 5.69 Å². The number of benzene rings is 2. The lowest BCUT2D eigenvalue weighted by molar-refractivity contribution is -0.122. The Morgan fingerprint density at radius 3 is 2.16 bits per heavy atom. The molecular weight excluding hydrogens is 476 g/mol. The molecule has 0 aliphatic rings. The minimum Gasteiger partial charge on any atom is -0.495 e. The van der Waals surface area contributed by atoms with E-state index in [0.717, 1.165) is 16.8 Å². The molecule has 0 aromatic heterocycles. The maximum absolute atomic E-state index is 13.1. The van der Waals surface area contributed by atoms with Gasteiger partial charge in [-0.1, -0.05) is 30.7 Å². The minimum atomic E-state index is -3.88. The van der Waals surface area contributed by atoms with Crippen LogP contribution in [0, 0.1) is 0 Å². The quantitative estimate of drug-likeness (QED) is 0.564. The van der Waals surface area contributed by atoms with Crippen LogP contribution in [0.25, 0.3) is 0 Å². The molecule has 0 radical (unpaired) electrons. The van der Waals surface area contributed by atoms with Gasteiger partial charge in [0.05, 0.1) is 30.0 Å². The molecule has 0 bridgehead atoms. The van der Waals surface area contributed by atoms with E-state index in [1.165, 1.54) is 31.4 Å². The summed E-state index contributed by atoms with van der Waals surface area (Å²) in [7, 11) is -5.82.